The van der Waals surface area contributed by atoms with Crippen LogP contribution in [0.4, 0.5) is 0 Å². The van der Waals surface area contributed by atoms with Gasteiger partial charge >= 0.3 is 0 Å². The second-order valence-electron chi connectivity index (χ2n) is 6.13. The maximum Gasteiger partial charge on any atom is 0.225 e. The van der Waals surface area contributed by atoms with E-state index in [0.717, 1.165) is 37.8 Å². The second kappa shape index (κ2) is 9.01. The Morgan fingerprint density at radius 1 is 1.35 bits per heavy atom. The summed E-state index contributed by atoms with van der Waals surface area (Å²) in [7, 11) is 0. The number of likely N-dealkylation sites (tertiary alicyclic amines) is 1. The quantitative estimate of drug-likeness (QED) is 0.831. The Morgan fingerprint density at radius 2 is 2.04 bits per heavy atom. The molecule has 0 bridgehead atoms. The molecule has 1 aliphatic rings. The van der Waals surface area contributed by atoms with E-state index >= 15 is 0 Å². The van der Waals surface area contributed by atoms with Gasteiger partial charge in [-0.25, -0.2) is 4.98 Å². The van der Waals surface area contributed by atoms with E-state index in [0.29, 0.717) is 19.6 Å². The summed E-state index contributed by atoms with van der Waals surface area (Å²) in [5, 5.41) is 5.01. The van der Waals surface area contributed by atoms with Gasteiger partial charge in [0.25, 0.3) is 0 Å². The first-order valence-electron chi connectivity index (χ1n) is 8.59. The summed E-state index contributed by atoms with van der Waals surface area (Å²) in [6.45, 7) is 6.18. The number of nitrogens with zero attached hydrogens (tertiary/aromatic N) is 2. The van der Waals surface area contributed by atoms with Crippen LogP contribution in [0.2, 0.25) is 0 Å². The first-order chi connectivity index (χ1) is 11.2. The lowest BCUT2D eigenvalue weighted by Crippen LogP contribution is -2.45. The molecule has 1 N–H and O–H groups in total. The van der Waals surface area contributed by atoms with E-state index < -0.39 is 0 Å². The first kappa shape index (κ1) is 17.9. The van der Waals surface area contributed by atoms with E-state index in [9.17, 15) is 9.59 Å². The molecule has 23 heavy (non-hydrogen) atoms. The summed E-state index contributed by atoms with van der Waals surface area (Å²) in [5.74, 6) is 0.557. The Balaban J connectivity index is 1.71. The molecule has 128 valence electrons. The van der Waals surface area contributed by atoms with Crippen LogP contribution in [-0.4, -0.2) is 41.3 Å². The molecular weight excluding hydrogens is 310 g/mol. The van der Waals surface area contributed by atoms with Crippen LogP contribution in [0.5, 0.6) is 0 Å². The largest absolute Gasteiger partial charge is 0.355 e. The maximum absolute atomic E-state index is 12.4. The van der Waals surface area contributed by atoms with Gasteiger partial charge in [-0.1, -0.05) is 13.8 Å². The highest BCUT2D eigenvalue weighted by molar-refractivity contribution is 7.07. The first-order valence-corrected chi connectivity index (χ1v) is 9.53. The summed E-state index contributed by atoms with van der Waals surface area (Å²) < 4.78 is 0. The van der Waals surface area contributed by atoms with Crippen LogP contribution in [0.3, 0.4) is 0 Å². The third-order valence-corrected chi connectivity index (χ3v) is 5.31. The highest BCUT2D eigenvalue weighted by Crippen LogP contribution is 2.21. The number of carbonyl (C=O) groups is 2. The lowest BCUT2D eigenvalue weighted by atomic mass is 9.93. The molecule has 0 spiro atoms. The summed E-state index contributed by atoms with van der Waals surface area (Å²) >= 11 is 1.57. The summed E-state index contributed by atoms with van der Waals surface area (Å²) in [5.41, 5.74) is 2.84. The normalized spacial score (nSPS) is 15.9. The molecule has 6 heteroatoms. The number of hydrogen-bond donors (Lipinski definition) is 1. The number of hydrogen-bond acceptors (Lipinski definition) is 4. The van der Waals surface area contributed by atoms with Crippen LogP contribution < -0.4 is 5.32 Å². The molecule has 1 fully saturated rings. The molecule has 0 aliphatic carbocycles. The van der Waals surface area contributed by atoms with E-state index in [2.05, 4.69) is 24.1 Å². The molecule has 0 saturated carbocycles. The molecule has 1 aliphatic heterocycles. The molecule has 0 aromatic carbocycles. The zero-order valence-electron chi connectivity index (χ0n) is 14.1. The Bertz CT molecular complexity index is 492. The van der Waals surface area contributed by atoms with E-state index in [1.165, 1.54) is 0 Å². The van der Waals surface area contributed by atoms with Gasteiger partial charge in [0.05, 0.1) is 11.2 Å². The summed E-state index contributed by atoms with van der Waals surface area (Å²) in [6, 6.07) is 0. The van der Waals surface area contributed by atoms with Crippen molar-refractivity contribution in [1.82, 2.24) is 15.2 Å². The van der Waals surface area contributed by atoms with Gasteiger partial charge in [0.15, 0.2) is 0 Å². The SMILES string of the molecule is CCC(CC)C(=O)N1CCC(C(=O)NCCc2cscn2)CC1. The van der Waals surface area contributed by atoms with Crippen molar-refractivity contribution in [3.63, 3.8) is 0 Å². The maximum atomic E-state index is 12.4. The van der Waals surface area contributed by atoms with E-state index in [1.807, 2.05) is 15.8 Å². The molecule has 2 amide bonds. The molecule has 5 nitrogen and oxygen atoms in total. The molecule has 2 rings (SSSR count). The number of thiazole rings is 1. The summed E-state index contributed by atoms with van der Waals surface area (Å²) in [4.78, 5) is 30.7. The van der Waals surface area contributed by atoms with Gasteiger partial charge in [-0.15, -0.1) is 11.3 Å². The van der Waals surface area contributed by atoms with Crippen LogP contribution in [-0.2, 0) is 16.0 Å². The third kappa shape index (κ3) is 5.03. The average Bonchev–Trinajstić information content (AvgIpc) is 3.09. The highest BCUT2D eigenvalue weighted by atomic mass is 32.1. The number of nitrogens with one attached hydrogen (secondary N) is 1. The van der Waals surface area contributed by atoms with Crippen molar-refractivity contribution < 1.29 is 9.59 Å². The van der Waals surface area contributed by atoms with Crippen molar-refractivity contribution in [2.24, 2.45) is 11.8 Å². The van der Waals surface area contributed by atoms with Crippen molar-refractivity contribution in [2.45, 2.75) is 46.0 Å². The minimum absolute atomic E-state index is 0.0381. The van der Waals surface area contributed by atoms with Gasteiger partial charge in [-0.05, 0) is 25.7 Å². The van der Waals surface area contributed by atoms with Crippen molar-refractivity contribution in [1.29, 1.82) is 0 Å². The molecule has 0 unspecified atom stereocenters. The summed E-state index contributed by atoms with van der Waals surface area (Å²) in [6.07, 6.45) is 4.11. The smallest absolute Gasteiger partial charge is 0.225 e. The number of piperidine rings is 1. The van der Waals surface area contributed by atoms with Gasteiger partial charge in [0, 0.05) is 43.3 Å². The zero-order chi connectivity index (χ0) is 16.7. The van der Waals surface area contributed by atoms with Crippen molar-refractivity contribution in [3.8, 4) is 0 Å². The van der Waals surface area contributed by atoms with Crippen molar-refractivity contribution in [3.05, 3.63) is 16.6 Å². The lowest BCUT2D eigenvalue weighted by molar-refractivity contribution is -0.139. The lowest BCUT2D eigenvalue weighted by Gasteiger charge is -2.33. The monoisotopic (exact) mass is 337 g/mol. The Morgan fingerprint density at radius 3 is 2.61 bits per heavy atom. The highest BCUT2D eigenvalue weighted by Gasteiger charge is 2.29. The topological polar surface area (TPSA) is 62.3 Å². The van der Waals surface area contributed by atoms with Crippen LogP contribution in [0.25, 0.3) is 0 Å². The minimum Gasteiger partial charge on any atom is -0.355 e. The predicted octanol–water partition coefficient (Wildman–Crippen LogP) is 2.48. The fourth-order valence-corrected chi connectivity index (χ4v) is 3.67. The molecule has 0 atom stereocenters. The van der Waals surface area contributed by atoms with E-state index in [4.69, 9.17) is 0 Å². The van der Waals surface area contributed by atoms with Crippen LogP contribution >= 0.6 is 11.3 Å². The van der Waals surface area contributed by atoms with Gasteiger partial charge in [0.2, 0.25) is 11.8 Å². The van der Waals surface area contributed by atoms with Gasteiger partial charge < -0.3 is 10.2 Å². The minimum atomic E-state index is 0.0381. The number of rotatable bonds is 7. The van der Waals surface area contributed by atoms with Crippen LogP contribution in [0, 0.1) is 11.8 Å². The fourth-order valence-electron chi connectivity index (χ4n) is 3.08. The molecule has 2 heterocycles. The van der Waals surface area contributed by atoms with Crippen molar-refractivity contribution >= 4 is 23.2 Å². The fraction of sp³-hybridized carbons (Fsp3) is 0.706. The predicted molar refractivity (Wildman–Crippen MR) is 92.2 cm³/mol. The number of carbonyl (C=O) groups excluding carboxylic acids is 2. The Hall–Kier alpha value is -1.43. The Labute approximate surface area is 142 Å². The van der Waals surface area contributed by atoms with Gasteiger partial charge in [-0.2, -0.15) is 0 Å². The standard InChI is InChI=1S/C17H27N3O2S/c1-3-13(4-2)17(22)20-9-6-14(7-10-20)16(21)18-8-5-15-11-23-12-19-15/h11-14H,3-10H2,1-2H3,(H,18,21). The van der Waals surface area contributed by atoms with Crippen LogP contribution in [0.15, 0.2) is 10.9 Å². The van der Waals surface area contributed by atoms with Crippen LogP contribution in [0.1, 0.15) is 45.2 Å². The Kier molecular flexibility index (Phi) is 7.02. The second-order valence-corrected chi connectivity index (χ2v) is 6.85. The van der Waals surface area contributed by atoms with Gasteiger partial charge in [0.1, 0.15) is 0 Å². The van der Waals surface area contributed by atoms with Crippen molar-refractivity contribution in [2.75, 3.05) is 19.6 Å². The average molecular weight is 337 g/mol. The molecule has 1 aromatic heterocycles. The molecule has 1 aromatic rings. The third-order valence-electron chi connectivity index (χ3n) is 4.68. The van der Waals surface area contributed by atoms with E-state index in [1.54, 1.807) is 11.3 Å². The number of amides is 2. The molecule has 1 saturated heterocycles. The van der Waals surface area contributed by atoms with Gasteiger partial charge in [-0.3, -0.25) is 9.59 Å². The van der Waals surface area contributed by atoms with E-state index in [-0.39, 0.29) is 23.7 Å². The molecular formula is C17H27N3O2S. The zero-order valence-corrected chi connectivity index (χ0v) is 14.9. The molecule has 0 radical (unpaired) electrons. The number of aromatic nitrogens is 1.